The number of rotatable bonds is 6. The molecule has 2 atom stereocenters. The van der Waals surface area contributed by atoms with E-state index >= 15 is 0 Å². The van der Waals surface area contributed by atoms with Crippen LogP contribution in [0.3, 0.4) is 0 Å². The summed E-state index contributed by atoms with van der Waals surface area (Å²) in [5.41, 5.74) is 2.80. The van der Waals surface area contributed by atoms with Crippen molar-refractivity contribution in [2.75, 3.05) is 13.1 Å². The molecule has 5 heteroatoms. The summed E-state index contributed by atoms with van der Waals surface area (Å²) in [5.74, 6) is 0. The first-order valence-corrected chi connectivity index (χ1v) is 10.2. The molecule has 1 N–H and O–H groups in total. The lowest BCUT2D eigenvalue weighted by molar-refractivity contribution is -0.0705. The minimum absolute atomic E-state index is 0.316. The Bertz CT molecular complexity index is 650. The Morgan fingerprint density at radius 1 is 1.17 bits per heavy atom. The van der Waals surface area contributed by atoms with Gasteiger partial charge in [0.2, 0.25) is 0 Å². The number of morpholine rings is 1. The van der Waals surface area contributed by atoms with Gasteiger partial charge in [-0.1, -0.05) is 24.3 Å². The number of thiophene rings is 1. The Labute approximate surface area is 157 Å². The molecule has 2 aromatic rings. The van der Waals surface area contributed by atoms with Crippen molar-refractivity contribution in [3.05, 3.63) is 56.2 Å². The van der Waals surface area contributed by atoms with E-state index in [4.69, 9.17) is 4.74 Å². The summed E-state index contributed by atoms with van der Waals surface area (Å²) in [4.78, 5) is 3.86. The molecule has 0 unspecified atom stereocenters. The smallest absolute Gasteiger partial charge is 0.0678 e. The summed E-state index contributed by atoms with van der Waals surface area (Å²) >= 11 is 5.30. The number of halogens is 1. The van der Waals surface area contributed by atoms with Crippen molar-refractivity contribution in [3.8, 4) is 0 Å². The number of nitrogens with one attached hydrogen (secondary N) is 1. The first-order chi connectivity index (χ1) is 11.6. The van der Waals surface area contributed by atoms with Gasteiger partial charge >= 0.3 is 0 Å². The van der Waals surface area contributed by atoms with Crippen LogP contribution in [0.15, 0.2) is 40.2 Å². The van der Waals surface area contributed by atoms with E-state index in [2.05, 4.69) is 75.7 Å². The molecule has 0 aliphatic carbocycles. The summed E-state index contributed by atoms with van der Waals surface area (Å²) in [6.45, 7) is 9.16. The minimum atomic E-state index is 0.316. The largest absolute Gasteiger partial charge is 0.373 e. The molecule has 0 bridgehead atoms. The average Bonchev–Trinajstić information content (AvgIpc) is 2.93. The summed E-state index contributed by atoms with van der Waals surface area (Å²) in [6.07, 6.45) is 0.632. The Morgan fingerprint density at radius 3 is 2.54 bits per heavy atom. The molecule has 1 saturated heterocycles. The second-order valence-corrected chi connectivity index (χ2v) is 8.47. The van der Waals surface area contributed by atoms with Crippen molar-refractivity contribution < 1.29 is 4.74 Å². The third kappa shape index (κ3) is 5.14. The summed E-state index contributed by atoms with van der Waals surface area (Å²) < 4.78 is 7.01. The van der Waals surface area contributed by atoms with Gasteiger partial charge in [-0.25, -0.2) is 0 Å². The van der Waals surface area contributed by atoms with Crippen molar-refractivity contribution in [2.24, 2.45) is 0 Å². The van der Waals surface area contributed by atoms with E-state index in [1.807, 2.05) is 0 Å². The molecule has 0 spiro atoms. The van der Waals surface area contributed by atoms with Gasteiger partial charge in [-0.15, -0.1) is 11.3 Å². The Hall–Kier alpha value is -0.720. The SMILES string of the molecule is C[C@H]1CN(Cc2ccccc2CNCc2cc(Br)cs2)C[C@H](C)O1. The van der Waals surface area contributed by atoms with Gasteiger partial charge in [0.05, 0.1) is 12.2 Å². The van der Waals surface area contributed by atoms with Crippen molar-refractivity contribution >= 4 is 27.3 Å². The van der Waals surface area contributed by atoms with Crippen LogP contribution in [0.25, 0.3) is 0 Å². The van der Waals surface area contributed by atoms with Crippen LogP contribution in [0.4, 0.5) is 0 Å². The van der Waals surface area contributed by atoms with Crippen molar-refractivity contribution in [1.29, 1.82) is 0 Å². The van der Waals surface area contributed by atoms with Gasteiger partial charge in [0.25, 0.3) is 0 Å². The van der Waals surface area contributed by atoms with E-state index in [1.54, 1.807) is 11.3 Å². The Kier molecular flexibility index (Phi) is 6.47. The fraction of sp³-hybridized carbons (Fsp3) is 0.474. The monoisotopic (exact) mass is 408 g/mol. The van der Waals surface area contributed by atoms with E-state index in [1.165, 1.54) is 20.5 Å². The molecule has 1 fully saturated rings. The van der Waals surface area contributed by atoms with Gasteiger partial charge in [-0.2, -0.15) is 0 Å². The van der Waals surface area contributed by atoms with Gasteiger partial charge in [-0.05, 0) is 47.0 Å². The summed E-state index contributed by atoms with van der Waals surface area (Å²) in [7, 11) is 0. The highest BCUT2D eigenvalue weighted by Gasteiger charge is 2.22. The van der Waals surface area contributed by atoms with Gasteiger partial charge in [0, 0.05) is 47.5 Å². The lowest BCUT2D eigenvalue weighted by Gasteiger charge is -2.35. The Balaban J connectivity index is 1.58. The fourth-order valence-corrected chi connectivity index (χ4v) is 4.73. The maximum absolute atomic E-state index is 5.84. The van der Waals surface area contributed by atoms with Crippen molar-refractivity contribution in [2.45, 2.75) is 45.7 Å². The van der Waals surface area contributed by atoms with Crippen LogP contribution >= 0.6 is 27.3 Å². The van der Waals surface area contributed by atoms with E-state index < -0.39 is 0 Å². The molecular weight excluding hydrogens is 384 g/mol. The topological polar surface area (TPSA) is 24.5 Å². The molecule has 2 heterocycles. The molecule has 3 rings (SSSR count). The molecule has 1 aliphatic heterocycles. The average molecular weight is 409 g/mol. The van der Waals surface area contributed by atoms with E-state index in [0.717, 1.165) is 32.7 Å². The Morgan fingerprint density at radius 2 is 1.88 bits per heavy atom. The molecule has 0 saturated carbocycles. The van der Waals surface area contributed by atoms with Gasteiger partial charge in [-0.3, -0.25) is 4.90 Å². The zero-order valence-electron chi connectivity index (χ0n) is 14.3. The summed E-state index contributed by atoms with van der Waals surface area (Å²) in [5, 5.41) is 5.70. The zero-order valence-corrected chi connectivity index (χ0v) is 16.7. The fourth-order valence-electron chi connectivity index (χ4n) is 3.31. The van der Waals surface area contributed by atoms with Crippen LogP contribution in [-0.4, -0.2) is 30.2 Å². The van der Waals surface area contributed by atoms with Gasteiger partial charge in [0.15, 0.2) is 0 Å². The van der Waals surface area contributed by atoms with Crippen LogP contribution in [0, 0.1) is 0 Å². The number of nitrogens with zero attached hydrogens (tertiary/aromatic N) is 1. The molecule has 1 aromatic heterocycles. The van der Waals surface area contributed by atoms with Crippen LogP contribution < -0.4 is 5.32 Å². The predicted molar refractivity (Wildman–Crippen MR) is 104 cm³/mol. The predicted octanol–water partition coefficient (Wildman–Crippen LogP) is 4.41. The molecule has 1 aromatic carbocycles. The molecular formula is C19H25BrN2OS. The molecule has 130 valence electrons. The van der Waals surface area contributed by atoms with Gasteiger partial charge in [0.1, 0.15) is 0 Å². The lowest BCUT2D eigenvalue weighted by Crippen LogP contribution is -2.45. The number of hydrogen-bond acceptors (Lipinski definition) is 4. The lowest BCUT2D eigenvalue weighted by atomic mass is 10.1. The standard InChI is InChI=1S/C19H25BrN2OS/c1-14-10-22(11-15(2)23-14)12-17-6-4-3-5-16(17)8-21-9-19-7-18(20)13-24-19/h3-7,13-15,21H,8-12H2,1-2H3/t14-,15-/m0/s1. The molecule has 24 heavy (non-hydrogen) atoms. The third-order valence-electron chi connectivity index (χ3n) is 4.24. The highest BCUT2D eigenvalue weighted by molar-refractivity contribution is 9.10. The quantitative estimate of drug-likeness (QED) is 0.765. The maximum Gasteiger partial charge on any atom is 0.0678 e. The second-order valence-electron chi connectivity index (χ2n) is 6.55. The normalized spacial score (nSPS) is 22.0. The van der Waals surface area contributed by atoms with Crippen LogP contribution in [0.1, 0.15) is 29.9 Å². The maximum atomic E-state index is 5.84. The van der Waals surface area contributed by atoms with Crippen LogP contribution in [0.5, 0.6) is 0 Å². The molecule has 1 aliphatic rings. The third-order valence-corrected chi connectivity index (χ3v) is 5.94. The number of benzene rings is 1. The van der Waals surface area contributed by atoms with Gasteiger partial charge < -0.3 is 10.1 Å². The first-order valence-electron chi connectivity index (χ1n) is 8.48. The van der Waals surface area contributed by atoms with E-state index in [9.17, 15) is 0 Å². The summed E-state index contributed by atoms with van der Waals surface area (Å²) in [6, 6.07) is 10.9. The molecule has 3 nitrogen and oxygen atoms in total. The highest BCUT2D eigenvalue weighted by atomic mass is 79.9. The van der Waals surface area contributed by atoms with E-state index in [-0.39, 0.29) is 0 Å². The number of ether oxygens (including phenoxy) is 1. The minimum Gasteiger partial charge on any atom is -0.373 e. The van der Waals surface area contributed by atoms with Crippen molar-refractivity contribution in [3.63, 3.8) is 0 Å². The van der Waals surface area contributed by atoms with Crippen LogP contribution in [0.2, 0.25) is 0 Å². The highest BCUT2D eigenvalue weighted by Crippen LogP contribution is 2.20. The van der Waals surface area contributed by atoms with E-state index in [0.29, 0.717) is 12.2 Å². The molecule has 0 radical (unpaired) electrons. The second kappa shape index (κ2) is 8.59. The number of hydrogen-bond donors (Lipinski definition) is 1. The van der Waals surface area contributed by atoms with Crippen molar-refractivity contribution in [1.82, 2.24) is 10.2 Å². The first kappa shape index (κ1) is 18.1. The molecule has 0 amide bonds. The zero-order chi connectivity index (χ0) is 16.9. The van der Waals surface area contributed by atoms with Crippen LogP contribution in [-0.2, 0) is 24.4 Å².